The molecule has 2 rings (SSSR count). The molecule has 1 aromatic rings. The molecule has 1 aliphatic heterocycles. The SMILES string of the molecule is CCC(CC)C(CNC(=O)CCn1cc([N+](=O)[O-])cn1)N1CCOCC1. The maximum atomic E-state index is 12.2. The molecule has 1 atom stereocenters. The lowest BCUT2D eigenvalue weighted by atomic mass is 9.92. The molecule has 26 heavy (non-hydrogen) atoms. The van der Waals surface area contributed by atoms with E-state index in [0.29, 0.717) is 25.0 Å². The summed E-state index contributed by atoms with van der Waals surface area (Å²) in [6.45, 7) is 8.59. The average Bonchev–Trinajstić information content (AvgIpc) is 3.13. The predicted molar refractivity (Wildman–Crippen MR) is 96.8 cm³/mol. The van der Waals surface area contributed by atoms with Gasteiger partial charge in [-0.15, -0.1) is 0 Å². The lowest BCUT2D eigenvalue weighted by molar-refractivity contribution is -0.385. The van der Waals surface area contributed by atoms with Crippen molar-refractivity contribution in [3.05, 3.63) is 22.5 Å². The molecule has 0 bridgehead atoms. The second-order valence-electron chi connectivity index (χ2n) is 6.57. The highest BCUT2D eigenvalue weighted by molar-refractivity contribution is 5.75. The van der Waals surface area contributed by atoms with Crippen LogP contribution >= 0.6 is 0 Å². The normalized spacial score (nSPS) is 16.6. The van der Waals surface area contributed by atoms with Crippen LogP contribution < -0.4 is 5.32 Å². The van der Waals surface area contributed by atoms with Gasteiger partial charge in [0.05, 0.1) is 18.1 Å². The van der Waals surface area contributed by atoms with Crippen molar-refractivity contribution in [2.75, 3.05) is 32.8 Å². The molecule has 1 amide bonds. The fourth-order valence-electron chi connectivity index (χ4n) is 3.43. The largest absolute Gasteiger partial charge is 0.379 e. The van der Waals surface area contributed by atoms with Crippen LogP contribution in [0.2, 0.25) is 0 Å². The standard InChI is InChI=1S/C17H29N5O4/c1-3-14(4-2)16(20-7-9-26-10-8-20)12-18-17(23)5-6-21-13-15(11-19-21)22(24)25/h11,13-14,16H,3-10,12H2,1-2H3,(H,18,23). The Morgan fingerprint density at radius 3 is 2.65 bits per heavy atom. The zero-order valence-electron chi connectivity index (χ0n) is 15.6. The minimum absolute atomic E-state index is 0.0626. The van der Waals surface area contributed by atoms with Crippen molar-refractivity contribution in [3.63, 3.8) is 0 Å². The molecule has 0 aliphatic carbocycles. The zero-order valence-corrected chi connectivity index (χ0v) is 15.6. The summed E-state index contributed by atoms with van der Waals surface area (Å²) in [6.07, 6.45) is 4.93. The van der Waals surface area contributed by atoms with Crippen LogP contribution in [-0.4, -0.2) is 64.4 Å². The van der Waals surface area contributed by atoms with E-state index in [1.807, 2.05) is 0 Å². The molecule has 1 aliphatic rings. The lowest BCUT2D eigenvalue weighted by Gasteiger charge is -2.38. The number of rotatable bonds is 10. The summed E-state index contributed by atoms with van der Waals surface area (Å²) in [5.74, 6) is 0.467. The van der Waals surface area contributed by atoms with E-state index in [2.05, 4.69) is 29.2 Å². The molecule has 1 N–H and O–H groups in total. The fraction of sp³-hybridized carbons (Fsp3) is 0.765. The Hall–Kier alpha value is -2.00. The highest BCUT2D eigenvalue weighted by atomic mass is 16.6. The average molecular weight is 367 g/mol. The van der Waals surface area contributed by atoms with Gasteiger partial charge in [0.15, 0.2) is 0 Å². The zero-order chi connectivity index (χ0) is 18.9. The van der Waals surface area contributed by atoms with Gasteiger partial charge in [-0.2, -0.15) is 5.10 Å². The lowest BCUT2D eigenvalue weighted by Crippen LogP contribution is -2.52. The summed E-state index contributed by atoms with van der Waals surface area (Å²) in [6, 6.07) is 0.309. The molecule has 1 aromatic heterocycles. The van der Waals surface area contributed by atoms with Gasteiger partial charge in [0.2, 0.25) is 5.91 Å². The minimum atomic E-state index is -0.494. The Morgan fingerprint density at radius 2 is 2.08 bits per heavy atom. The molecule has 1 fully saturated rings. The van der Waals surface area contributed by atoms with Gasteiger partial charge >= 0.3 is 5.69 Å². The Kier molecular flexibility index (Phi) is 7.99. The van der Waals surface area contributed by atoms with Crippen LogP contribution in [0.1, 0.15) is 33.1 Å². The van der Waals surface area contributed by atoms with Crippen molar-refractivity contribution in [1.82, 2.24) is 20.0 Å². The molecule has 0 spiro atoms. The van der Waals surface area contributed by atoms with E-state index in [1.54, 1.807) is 0 Å². The van der Waals surface area contributed by atoms with Crippen LogP contribution in [0.25, 0.3) is 0 Å². The molecule has 1 saturated heterocycles. The van der Waals surface area contributed by atoms with E-state index in [1.165, 1.54) is 17.1 Å². The summed E-state index contributed by atoms with van der Waals surface area (Å²) in [7, 11) is 0. The van der Waals surface area contributed by atoms with E-state index in [9.17, 15) is 14.9 Å². The topological polar surface area (TPSA) is 103 Å². The third-order valence-electron chi connectivity index (χ3n) is 5.01. The van der Waals surface area contributed by atoms with Crippen LogP contribution in [0.3, 0.4) is 0 Å². The molecular formula is C17H29N5O4. The van der Waals surface area contributed by atoms with E-state index < -0.39 is 4.92 Å². The molecule has 9 heteroatoms. The van der Waals surface area contributed by atoms with E-state index >= 15 is 0 Å². The molecule has 0 aromatic carbocycles. The van der Waals surface area contributed by atoms with Gasteiger partial charge in [0.1, 0.15) is 12.4 Å². The van der Waals surface area contributed by atoms with Crippen molar-refractivity contribution in [2.24, 2.45) is 5.92 Å². The predicted octanol–water partition coefficient (Wildman–Crippen LogP) is 1.43. The number of morpholine rings is 1. The van der Waals surface area contributed by atoms with E-state index in [-0.39, 0.29) is 18.0 Å². The number of carbonyl (C=O) groups is 1. The first-order valence-corrected chi connectivity index (χ1v) is 9.30. The second kappa shape index (κ2) is 10.2. The molecule has 0 saturated carbocycles. The van der Waals surface area contributed by atoms with Crippen LogP contribution in [-0.2, 0) is 16.1 Å². The van der Waals surface area contributed by atoms with Gasteiger partial charge < -0.3 is 10.1 Å². The first-order valence-electron chi connectivity index (χ1n) is 9.30. The van der Waals surface area contributed by atoms with Crippen LogP contribution in [0.15, 0.2) is 12.4 Å². The maximum Gasteiger partial charge on any atom is 0.306 e. The summed E-state index contributed by atoms with van der Waals surface area (Å²) in [5, 5.41) is 17.6. The van der Waals surface area contributed by atoms with Gasteiger partial charge in [0.25, 0.3) is 0 Å². The highest BCUT2D eigenvalue weighted by Crippen LogP contribution is 2.19. The number of hydrogen-bond acceptors (Lipinski definition) is 6. The Morgan fingerprint density at radius 1 is 1.38 bits per heavy atom. The third kappa shape index (κ3) is 5.77. The summed E-state index contributed by atoms with van der Waals surface area (Å²) in [5.41, 5.74) is -0.0634. The molecular weight excluding hydrogens is 338 g/mol. The number of nitrogens with one attached hydrogen (secondary N) is 1. The van der Waals surface area contributed by atoms with E-state index in [4.69, 9.17) is 4.74 Å². The van der Waals surface area contributed by atoms with Gasteiger partial charge in [0, 0.05) is 38.6 Å². The summed E-state index contributed by atoms with van der Waals surface area (Å²) in [4.78, 5) is 24.8. The van der Waals surface area contributed by atoms with Crippen molar-refractivity contribution in [3.8, 4) is 0 Å². The minimum Gasteiger partial charge on any atom is -0.379 e. The molecule has 9 nitrogen and oxygen atoms in total. The van der Waals surface area contributed by atoms with Crippen molar-refractivity contribution in [1.29, 1.82) is 0 Å². The summed E-state index contributed by atoms with van der Waals surface area (Å²) >= 11 is 0. The number of carbonyl (C=O) groups excluding carboxylic acids is 1. The number of nitro groups is 1. The van der Waals surface area contributed by atoms with Crippen molar-refractivity contribution < 1.29 is 14.5 Å². The van der Waals surface area contributed by atoms with Crippen LogP contribution in [0, 0.1) is 16.0 Å². The van der Waals surface area contributed by atoms with Gasteiger partial charge in [-0.3, -0.25) is 24.5 Å². The Bertz CT molecular complexity index is 581. The number of aryl methyl sites for hydroxylation is 1. The number of nitrogens with zero attached hydrogens (tertiary/aromatic N) is 4. The summed E-state index contributed by atoms with van der Waals surface area (Å²) < 4.78 is 6.87. The van der Waals surface area contributed by atoms with Crippen LogP contribution in [0.4, 0.5) is 5.69 Å². The third-order valence-corrected chi connectivity index (χ3v) is 5.01. The molecule has 146 valence electrons. The van der Waals surface area contributed by atoms with Crippen molar-refractivity contribution in [2.45, 2.75) is 45.7 Å². The van der Waals surface area contributed by atoms with Crippen LogP contribution in [0.5, 0.6) is 0 Å². The van der Waals surface area contributed by atoms with E-state index in [0.717, 1.165) is 39.1 Å². The molecule has 2 heterocycles. The number of ether oxygens (including phenoxy) is 1. The van der Waals surface area contributed by atoms with Gasteiger partial charge in [-0.1, -0.05) is 26.7 Å². The number of amides is 1. The smallest absolute Gasteiger partial charge is 0.306 e. The number of hydrogen-bond donors (Lipinski definition) is 1. The highest BCUT2D eigenvalue weighted by Gasteiger charge is 2.27. The van der Waals surface area contributed by atoms with Gasteiger partial charge in [-0.25, -0.2) is 0 Å². The van der Waals surface area contributed by atoms with Crippen molar-refractivity contribution >= 4 is 11.6 Å². The second-order valence-corrected chi connectivity index (χ2v) is 6.57. The fourth-order valence-corrected chi connectivity index (χ4v) is 3.43. The number of aromatic nitrogens is 2. The quantitative estimate of drug-likeness (QED) is 0.496. The Labute approximate surface area is 153 Å². The Balaban J connectivity index is 1.83. The molecule has 0 radical (unpaired) electrons. The first kappa shape index (κ1) is 20.3. The first-order chi connectivity index (χ1) is 12.5. The van der Waals surface area contributed by atoms with Gasteiger partial charge in [-0.05, 0) is 5.92 Å². The monoisotopic (exact) mass is 367 g/mol. The maximum absolute atomic E-state index is 12.2. The molecule has 1 unspecified atom stereocenters.